The summed E-state index contributed by atoms with van der Waals surface area (Å²) in [6.45, 7) is 5.06. The number of carbonyl (C=O) groups excluding carboxylic acids is 2. The van der Waals surface area contributed by atoms with Crippen molar-refractivity contribution in [2.45, 2.75) is 39.2 Å². The minimum atomic E-state index is -0.527. The molecule has 0 aliphatic carbocycles. The molecule has 5 nitrogen and oxygen atoms in total. The monoisotopic (exact) mass is 391 g/mol. The zero-order valence-electron chi connectivity index (χ0n) is 16.0. The quantitative estimate of drug-likeness (QED) is 0.574. The Labute approximate surface area is 167 Å². The van der Waals surface area contributed by atoms with Crippen LogP contribution < -0.4 is 16.4 Å². The zero-order chi connectivity index (χ0) is 18.9. The summed E-state index contributed by atoms with van der Waals surface area (Å²) in [5.41, 5.74) is 6.39. The number of rotatable bonds is 9. The van der Waals surface area contributed by atoms with Crippen molar-refractivity contribution in [2.24, 2.45) is 11.7 Å². The van der Waals surface area contributed by atoms with E-state index in [1.807, 2.05) is 56.3 Å². The second-order valence-corrected chi connectivity index (χ2v) is 6.93. The highest BCUT2D eigenvalue weighted by Gasteiger charge is 2.23. The summed E-state index contributed by atoms with van der Waals surface area (Å²) >= 11 is 0. The van der Waals surface area contributed by atoms with E-state index in [1.165, 1.54) is 0 Å². The van der Waals surface area contributed by atoms with Gasteiger partial charge in [-0.2, -0.15) is 0 Å². The Morgan fingerprint density at radius 3 is 2.41 bits per heavy atom. The summed E-state index contributed by atoms with van der Waals surface area (Å²) < 4.78 is 0. The maximum atomic E-state index is 12.4. The Balaban J connectivity index is 0.00000364. The van der Waals surface area contributed by atoms with Crippen molar-refractivity contribution in [1.82, 2.24) is 10.6 Å². The van der Waals surface area contributed by atoms with Crippen LogP contribution in [0.2, 0.25) is 0 Å². The molecule has 0 aliphatic heterocycles. The minimum absolute atomic E-state index is 0. The van der Waals surface area contributed by atoms with E-state index in [4.69, 9.17) is 5.73 Å². The summed E-state index contributed by atoms with van der Waals surface area (Å²) in [6.07, 6.45) is 1.98. The fraction of sp³-hybridized carbons (Fsp3) is 0.429. The minimum Gasteiger partial charge on any atom is -0.354 e. The van der Waals surface area contributed by atoms with Gasteiger partial charge in [-0.25, -0.2) is 0 Å². The third-order valence-corrected chi connectivity index (χ3v) is 4.37. The van der Waals surface area contributed by atoms with Crippen molar-refractivity contribution in [3.05, 3.63) is 48.0 Å². The van der Waals surface area contributed by atoms with E-state index in [9.17, 15) is 9.59 Å². The lowest BCUT2D eigenvalue weighted by Crippen LogP contribution is -2.50. The lowest BCUT2D eigenvalue weighted by atomic mass is 10.0. The van der Waals surface area contributed by atoms with Gasteiger partial charge in [-0.05, 0) is 41.6 Å². The average molecular weight is 392 g/mol. The smallest absolute Gasteiger partial charge is 0.242 e. The van der Waals surface area contributed by atoms with Gasteiger partial charge < -0.3 is 16.4 Å². The van der Waals surface area contributed by atoms with Crippen LogP contribution in [0.3, 0.4) is 0 Å². The maximum Gasteiger partial charge on any atom is 0.242 e. The number of halogens is 1. The number of nitrogens with two attached hydrogens (primary N) is 1. The first-order chi connectivity index (χ1) is 12.5. The van der Waals surface area contributed by atoms with Crippen LogP contribution in [0.15, 0.2) is 42.5 Å². The van der Waals surface area contributed by atoms with Gasteiger partial charge >= 0.3 is 0 Å². The molecular formula is C21H30ClN3O2. The molecule has 0 aromatic heterocycles. The molecule has 4 N–H and O–H groups in total. The van der Waals surface area contributed by atoms with Gasteiger partial charge in [0.2, 0.25) is 11.8 Å². The molecule has 1 unspecified atom stereocenters. The topological polar surface area (TPSA) is 84.2 Å². The van der Waals surface area contributed by atoms with Gasteiger partial charge in [0.05, 0.1) is 6.42 Å². The molecule has 0 saturated heterocycles. The predicted molar refractivity (Wildman–Crippen MR) is 113 cm³/mol. The summed E-state index contributed by atoms with van der Waals surface area (Å²) in [5.74, 6) is -0.259. The number of hydrogen-bond acceptors (Lipinski definition) is 3. The zero-order valence-corrected chi connectivity index (χ0v) is 16.9. The lowest BCUT2D eigenvalue weighted by molar-refractivity contribution is -0.129. The third-order valence-electron chi connectivity index (χ3n) is 4.37. The van der Waals surface area contributed by atoms with Crippen LogP contribution in [0.25, 0.3) is 10.8 Å². The standard InChI is InChI=1S/C21H29N3O2.ClH/c1-15(2)20(21(26)23-12-6-5-11-22)24-19(25)14-16-9-10-17-7-3-4-8-18(17)13-16;/h3-4,7-10,13,15,20H,5-6,11-12,14,22H2,1-2H3,(H,23,26)(H,24,25);1H. The molecule has 2 aromatic carbocycles. The number of fused-ring (bicyclic) bond motifs is 1. The summed E-state index contributed by atoms with van der Waals surface area (Å²) in [6, 6.07) is 13.5. The van der Waals surface area contributed by atoms with E-state index in [0.29, 0.717) is 13.1 Å². The number of carbonyl (C=O) groups is 2. The molecule has 0 radical (unpaired) electrons. The first kappa shape index (κ1) is 22.9. The van der Waals surface area contributed by atoms with Crippen LogP contribution >= 0.6 is 12.4 Å². The van der Waals surface area contributed by atoms with Gasteiger partial charge in [0.15, 0.2) is 0 Å². The highest BCUT2D eigenvalue weighted by molar-refractivity contribution is 5.89. The number of unbranched alkanes of at least 4 members (excludes halogenated alkanes) is 1. The Kier molecular flexibility index (Phi) is 9.83. The molecule has 0 bridgehead atoms. The number of nitrogens with one attached hydrogen (secondary N) is 2. The maximum absolute atomic E-state index is 12.4. The SMILES string of the molecule is CC(C)C(NC(=O)Cc1ccc2ccccc2c1)C(=O)NCCCCN.Cl. The van der Waals surface area contributed by atoms with Crippen LogP contribution in [0.5, 0.6) is 0 Å². The van der Waals surface area contributed by atoms with Gasteiger partial charge in [0, 0.05) is 6.54 Å². The summed E-state index contributed by atoms with van der Waals surface area (Å²) in [7, 11) is 0. The van der Waals surface area contributed by atoms with E-state index in [-0.39, 0.29) is 36.6 Å². The Hall–Kier alpha value is -2.11. The summed E-state index contributed by atoms with van der Waals surface area (Å²) in [5, 5.41) is 8.02. The van der Waals surface area contributed by atoms with E-state index < -0.39 is 6.04 Å². The van der Waals surface area contributed by atoms with Crippen LogP contribution in [-0.2, 0) is 16.0 Å². The first-order valence-electron chi connectivity index (χ1n) is 9.26. The number of hydrogen-bond donors (Lipinski definition) is 3. The van der Waals surface area contributed by atoms with Crippen molar-refractivity contribution < 1.29 is 9.59 Å². The largest absolute Gasteiger partial charge is 0.354 e. The van der Waals surface area contributed by atoms with Crippen molar-refractivity contribution in [2.75, 3.05) is 13.1 Å². The van der Waals surface area contributed by atoms with E-state index in [2.05, 4.69) is 10.6 Å². The Morgan fingerprint density at radius 1 is 1.04 bits per heavy atom. The van der Waals surface area contributed by atoms with Crippen molar-refractivity contribution in [1.29, 1.82) is 0 Å². The molecule has 0 heterocycles. The molecule has 2 amide bonds. The van der Waals surface area contributed by atoms with Gasteiger partial charge in [-0.3, -0.25) is 9.59 Å². The molecule has 0 spiro atoms. The van der Waals surface area contributed by atoms with E-state index >= 15 is 0 Å². The molecular weight excluding hydrogens is 362 g/mol. The van der Waals surface area contributed by atoms with E-state index in [0.717, 1.165) is 29.2 Å². The Bertz CT molecular complexity index is 749. The predicted octanol–water partition coefficient (Wildman–Crippen LogP) is 2.80. The van der Waals surface area contributed by atoms with E-state index in [1.54, 1.807) is 0 Å². The lowest BCUT2D eigenvalue weighted by Gasteiger charge is -2.22. The van der Waals surface area contributed by atoms with Gasteiger partial charge in [0.25, 0.3) is 0 Å². The van der Waals surface area contributed by atoms with Crippen LogP contribution in [0.1, 0.15) is 32.3 Å². The van der Waals surface area contributed by atoms with Gasteiger partial charge in [-0.15, -0.1) is 12.4 Å². The second kappa shape index (κ2) is 11.6. The van der Waals surface area contributed by atoms with Crippen LogP contribution in [0, 0.1) is 5.92 Å². The van der Waals surface area contributed by atoms with Crippen molar-refractivity contribution >= 4 is 35.0 Å². The summed E-state index contributed by atoms with van der Waals surface area (Å²) in [4.78, 5) is 24.8. The fourth-order valence-electron chi connectivity index (χ4n) is 2.88. The average Bonchev–Trinajstić information content (AvgIpc) is 2.62. The van der Waals surface area contributed by atoms with Crippen LogP contribution in [0.4, 0.5) is 0 Å². The molecule has 2 aromatic rings. The van der Waals surface area contributed by atoms with Crippen LogP contribution in [-0.4, -0.2) is 30.9 Å². The first-order valence-corrected chi connectivity index (χ1v) is 9.26. The number of benzene rings is 2. The molecule has 148 valence electrons. The highest BCUT2D eigenvalue weighted by atomic mass is 35.5. The van der Waals surface area contributed by atoms with Gasteiger partial charge in [-0.1, -0.05) is 56.3 Å². The third kappa shape index (κ3) is 7.19. The Morgan fingerprint density at radius 2 is 1.74 bits per heavy atom. The fourth-order valence-corrected chi connectivity index (χ4v) is 2.88. The molecule has 27 heavy (non-hydrogen) atoms. The van der Waals surface area contributed by atoms with Gasteiger partial charge in [0.1, 0.15) is 6.04 Å². The van der Waals surface area contributed by atoms with Crippen molar-refractivity contribution in [3.8, 4) is 0 Å². The molecule has 6 heteroatoms. The molecule has 0 aliphatic rings. The number of amides is 2. The molecule has 0 fully saturated rings. The highest BCUT2D eigenvalue weighted by Crippen LogP contribution is 2.16. The molecule has 2 rings (SSSR count). The normalized spacial score (nSPS) is 11.7. The molecule has 0 saturated carbocycles. The van der Waals surface area contributed by atoms with Crippen molar-refractivity contribution in [3.63, 3.8) is 0 Å². The molecule has 1 atom stereocenters. The second-order valence-electron chi connectivity index (χ2n) is 6.93.